The number of rotatable bonds is 9. The molecule has 0 fully saturated rings. The molecule has 0 aromatic heterocycles. The van der Waals surface area contributed by atoms with Crippen LogP contribution in [0.1, 0.15) is 23.6 Å². The van der Waals surface area contributed by atoms with Gasteiger partial charge in [-0.3, -0.25) is 4.99 Å². The van der Waals surface area contributed by atoms with Crippen molar-refractivity contribution in [1.82, 2.24) is 10.2 Å². The highest BCUT2D eigenvalue weighted by Gasteiger charge is 2.09. The molecule has 0 heterocycles. The minimum Gasteiger partial charge on any atom is -0.389 e. The number of hydrogen-bond acceptors (Lipinski definition) is 3. The Morgan fingerprint density at radius 2 is 1.79 bits per heavy atom. The molecular formula is C22H32IN3O2. The molecule has 1 atom stereocenters. The zero-order chi connectivity index (χ0) is 19.5. The minimum atomic E-state index is -0.629. The minimum absolute atomic E-state index is 0. The molecule has 0 radical (unpaired) electrons. The van der Waals surface area contributed by atoms with Gasteiger partial charge < -0.3 is 20.1 Å². The second-order valence-electron chi connectivity index (χ2n) is 6.69. The first-order chi connectivity index (χ1) is 13.1. The van der Waals surface area contributed by atoms with Crippen molar-refractivity contribution in [3.05, 3.63) is 71.3 Å². The number of benzene rings is 2. The molecule has 2 rings (SSSR count). The van der Waals surface area contributed by atoms with Crippen LogP contribution in [0.5, 0.6) is 0 Å². The van der Waals surface area contributed by atoms with Crippen molar-refractivity contribution < 1.29 is 9.84 Å². The summed E-state index contributed by atoms with van der Waals surface area (Å²) in [6.45, 7) is 6.71. The summed E-state index contributed by atoms with van der Waals surface area (Å²) < 4.78 is 5.59. The van der Waals surface area contributed by atoms with Gasteiger partial charge >= 0.3 is 0 Å². The van der Waals surface area contributed by atoms with Crippen molar-refractivity contribution in [2.45, 2.75) is 33.1 Å². The van der Waals surface area contributed by atoms with Crippen molar-refractivity contribution >= 4 is 29.9 Å². The Hall–Kier alpha value is -1.64. The van der Waals surface area contributed by atoms with Crippen LogP contribution in [0.25, 0.3) is 0 Å². The molecule has 6 heteroatoms. The maximum absolute atomic E-state index is 10.2. The van der Waals surface area contributed by atoms with Gasteiger partial charge in [-0.2, -0.15) is 0 Å². The topological polar surface area (TPSA) is 57.1 Å². The van der Waals surface area contributed by atoms with Crippen LogP contribution in [0.3, 0.4) is 0 Å². The number of hydrogen-bond donors (Lipinski definition) is 2. The Morgan fingerprint density at radius 1 is 1.11 bits per heavy atom. The lowest BCUT2D eigenvalue weighted by molar-refractivity contribution is 0.0330. The highest BCUT2D eigenvalue weighted by Crippen LogP contribution is 2.06. The van der Waals surface area contributed by atoms with Crippen molar-refractivity contribution in [1.29, 1.82) is 0 Å². The van der Waals surface area contributed by atoms with Gasteiger partial charge in [0.25, 0.3) is 0 Å². The second kappa shape index (κ2) is 13.5. The molecule has 2 aromatic carbocycles. The average molecular weight is 497 g/mol. The monoisotopic (exact) mass is 497 g/mol. The first kappa shape index (κ1) is 24.4. The summed E-state index contributed by atoms with van der Waals surface area (Å²) >= 11 is 0. The third-order valence-corrected chi connectivity index (χ3v) is 4.11. The highest BCUT2D eigenvalue weighted by molar-refractivity contribution is 14.0. The van der Waals surface area contributed by atoms with E-state index in [1.165, 1.54) is 11.1 Å². The van der Waals surface area contributed by atoms with Crippen LogP contribution in [0, 0.1) is 6.92 Å². The van der Waals surface area contributed by atoms with Gasteiger partial charge in [0.15, 0.2) is 5.96 Å². The standard InChI is InChI=1S/C22H31N3O2.HI/c1-4-23-22(25(3)15-19-12-10-18(2)11-13-19)24-14-21(26)17-27-16-20-8-6-5-7-9-20;/h5-13,21,26H,4,14-17H2,1-3H3,(H,23,24);1H. The van der Waals surface area contributed by atoms with Crippen molar-refractivity contribution in [2.24, 2.45) is 4.99 Å². The van der Waals surface area contributed by atoms with Crippen LogP contribution in [-0.4, -0.2) is 48.8 Å². The zero-order valence-corrected chi connectivity index (χ0v) is 19.3. The number of nitrogens with zero attached hydrogens (tertiary/aromatic N) is 2. The van der Waals surface area contributed by atoms with Crippen LogP contribution in [0.4, 0.5) is 0 Å². The Labute approximate surface area is 185 Å². The molecule has 5 nitrogen and oxygen atoms in total. The number of aliphatic imine (C=N–C) groups is 1. The third kappa shape index (κ3) is 9.03. The lowest BCUT2D eigenvalue weighted by Gasteiger charge is -2.22. The van der Waals surface area contributed by atoms with Gasteiger partial charge in [0.2, 0.25) is 0 Å². The van der Waals surface area contributed by atoms with Gasteiger partial charge in [0.1, 0.15) is 0 Å². The van der Waals surface area contributed by atoms with E-state index in [1.807, 2.05) is 44.3 Å². The molecule has 0 bridgehead atoms. The van der Waals surface area contributed by atoms with Crippen LogP contribution in [-0.2, 0) is 17.9 Å². The van der Waals surface area contributed by atoms with E-state index in [0.717, 1.165) is 24.6 Å². The predicted molar refractivity (Wildman–Crippen MR) is 126 cm³/mol. The van der Waals surface area contributed by atoms with E-state index in [9.17, 15) is 5.11 Å². The molecule has 154 valence electrons. The van der Waals surface area contributed by atoms with Gasteiger partial charge in [0, 0.05) is 20.1 Å². The third-order valence-electron chi connectivity index (χ3n) is 4.11. The number of ether oxygens (including phenoxy) is 1. The number of halogens is 1. The normalized spacial score (nSPS) is 12.2. The number of nitrogens with one attached hydrogen (secondary N) is 1. The Morgan fingerprint density at radius 3 is 2.43 bits per heavy atom. The molecule has 2 N–H and O–H groups in total. The zero-order valence-electron chi connectivity index (χ0n) is 17.0. The fraction of sp³-hybridized carbons (Fsp3) is 0.409. The van der Waals surface area contributed by atoms with E-state index in [4.69, 9.17) is 4.74 Å². The molecule has 0 aliphatic heterocycles. The molecule has 0 saturated carbocycles. The molecular weight excluding hydrogens is 465 g/mol. The van der Waals surface area contributed by atoms with E-state index in [-0.39, 0.29) is 30.6 Å². The van der Waals surface area contributed by atoms with Crippen LogP contribution in [0.15, 0.2) is 59.6 Å². The van der Waals surface area contributed by atoms with Crippen LogP contribution < -0.4 is 5.32 Å². The molecule has 28 heavy (non-hydrogen) atoms. The molecule has 2 aromatic rings. The van der Waals surface area contributed by atoms with E-state index in [1.54, 1.807) is 0 Å². The van der Waals surface area contributed by atoms with E-state index in [0.29, 0.717) is 13.2 Å². The molecule has 0 amide bonds. The first-order valence-corrected chi connectivity index (χ1v) is 9.43. The molecule has 1 unspecified atom stereocenters. The summed E-state index contributed by atoms with van der Waals surface area (Å²) in [4.78, 5) is 6.62. The Kier molecular flexibility index (Phi) is 11.8. The summed E-state index contributed by atoms with van der Waals surface area (Å²) in [5.41, 5.74) is 3.57. The summed E-state index contributed by atoms with van der Waals surface area (Å²) in [6, 6.07) is 18.4. The number of aryl methyl sites for hydroxylation is 1. The lowest BCUT2D eigenvalue weighted by Crippen LogP contribution is -2.39. The van der Waals surface area contributed by atoms with Crippen molar-refractivity contribution in [2.75, 3.05) is 26.7 Å². The van der Waals surface area contributed by atoms with E-state index >= 15 is 0 Å². The molecule has 0 aliphatic rings. The maximum atomic E-state index is 10.2. The number of aliphatic hydroxyl groups is 1. The molecule has 0 spiro atoms. The van der Waals surface area contributed by atoms with Gasteiger partial charge in [-0.25, -0.2) is 0 Å². The quantitative estimate of drug-likeness (QED) is 0.316. The molecule has 0 aliphatic carbocycles. The lowest BCUT2D eigenvalue weighted by atomic mass is 10.1. The van der Waals surface area contributed by atoms with Crippen LogP contribution >= 0.6 is 24.0 Å². The van der Waals surface area contributed by atoms with Crippen molar-refractivity contribution in [3.8, 4) is 0 Å². The summed E-state index contributed by atoms with van der Waals surface area (Å²) in [5.74, 6) is 0.778. The average Bonchev–Trinajstić information content (AvgIpc) is 2.67. The largest absolute Gasteiger partial charge is 0.389 e. The van der Waals surface area contributed by atoms with E-state index < -0.39 is 6.10 Å². The predicted octanol–water partition coefficient (Wildman–Crippen LogP) is 3.59. The van der Waals surface area contributed by atoms with Crippen LogP contribution in [0.2, 0.25) is 0 Å². The Balaban J connectivity index is 0.00000392. The van der Waals surface area contributed by atoms with Gasteiger partial charge in [0.05, 0.1) is 25.9 Å². The summed E-state index contributed by atoms with van der Waals surface area (Å²) in [6.07, 6.45) is -0.629. The van der Waals surface area contributed by atoms with Crippen molar-refractivity contribution in [3.63, 3.8) is 0 Å². The molecule has 0 saturated heterocycles. The first-order valence-electron chi connectivity index (χ1n) is 9.43. The smallest absolute Gasteiger partial charge is 0.194 e. The van der Waals surface area contributed by atoms with Gasteiger partial charge in [-0.1, -0.05) is 60.2 Å². The fourth-order valence-corrected chi connectivity index (χ4v) is 2.64. The Bertz CT molecular complexity index is 693. The van der Waals surface area contributed by atoms with E-state index in [2.05, 4.69) is 46.4 Å². The maximum Gasteiger partial charge on any atom is 0.194 e. The summed E-state index contributed by atoms with van der Waals surface area (Å²) in [5, 5.41) is 13.4. The summed E-state index contributed by atoms with van der Waals surface area (Å²) in [7, 11) is 2.00. The number of aliphatic hydroxyl groups excluding tert-OH is 1. The highest BCUT2D eigenvalue weighted by atomic mass is 127. The fourth-order valence-electron chi connectivity index (χ4n) is 2.64. The van der Waals surface area contributed by atoms with Gasteiger partial charge in [-0.05, 0) is 25.0 Å². The van der Waals surface area contributed by atoms with Gasteiger partial charge in [-0.15, -0.1) is 24.0 Å². The second-order valence-corrected chi connectivity index (χ2v) is 6.69. The number of guanidine groups is 1. The SMILES string of the molecule is CCNC(=NCC(O)COCc1ccccc1)N(C)Cc1ccc(C)cc1.I.